The number of fused-ring (bicyclic) bond motifs is 2. The van der Waals surface area contributed by atoms with Crippen molar-refractivity contribution in [2.24, 2.45) is 0 Å². The molecule has 1 aromatic rings. The molecule has 112 valence electrons. The molecule has 2 fully saturated rings. The summed E-state index contributed by atoms with van der Waals surface area (Å²) < 4.78 is 0. The summed E-state index contributed by atoms with van der Waals surface area (Å²) in [5.41, 5.74) is 1.58. The molecule has 2 saturated heterocycles. The van der Waals surface area contributed by atoms with Crippen LogP contribution in [0, 0.1) is 0 Å². The summed E-state index contributed by atoms with van der Waals surface area (Å²) in [6.45, 7) is 5.85. The Balaban J connectivity index is 0.00000147. The minimum absolute atomic E-state index is 0. The standard InChI is InChI=1S/C14H22N4O.ClH/c1-9(2)12-7-13(17-16-12)14(19)18-6-5-10-3-4-11(8-18)15-10;/h7,9-11,15H,3-6,8H2,1-2H3,(H,16,17);1H. The quantitative estimate of drug-likeness (QED) is 0.877. The van der Waals surface area contributed by atoms with Crippen molar-refractivity contribution >= 4 is 18.3 Å². The van der Waals surface area contributed by atoms with Crippen LogP contribution in [-0.4, -0.2) is 46.2 Å². The molecular formula is C14H23ClN4O. The lowest BCUT2D eigenvalue weighted by molar-refractivity contribution is 0.0742. The van der Waals surface area contributed by atoms with Crippen LogP contribution in [0.3, 0.4) is 0 Å². The van der Waals surface area contributed by atoms with Crippen LogP contribution in [0.25, 0.3) is 0 Å². The predicted octanol–water partition coefficient (Wildman–Crippen LogP) is 1.92. The van der Waals surface area contributed by atoms with Crippen LogP contribution in [0.5, 0.6) is 0 Å². The molecule has 20 heavy (non-hydrogen) atoms. The second-order valence-corrected chi connectivity index (χ2v) is 6.04. The Kier molecular flexibility index (Phi) is 4.70. The van der Waals surface area contributed by atoms with Gasteiger partial charge in [0.1, 0.15) is 5.69 Å². The van der Waals surface area contributed by atoms with E-state index < -0.39 is 0 Å². The fraction of sp³-hybridized carbons (Fsp3) is 0.714. The second-order valence-electron chi connectivity index (χ2n) is 6.04. The van der Waals surface area contributed by atoms with Crippen molar-refractivity contribution in [2.75, 3.05) is 13.1 Å². The maximum atomic E-state index is 12.5. The maximum Gasteiger partial charge on any atom is 0.274 e. The van der Waals surface area contributed by atoms with Crippen molar-refractivity contribution in [3.05, 3.63) is 17.5 Å². The number of H-pyrrole nitrogens is 1. The van der Waals surface area contributed by atoms with Crippen molar-refractivity contribution in [1.29, 1.82) is 0 Å². The number of amides is 1. The van der Waals surface area contributed by atoms with Crippen LogP contribution in [0.2, 0.25) is 0 Å². The zero-order valence-corrected chi connectivity index (χ0v) is 12.9. The van der Waals surface area contributed by atoms with Gasteiger partial charge in [0, 0.05) is 30.9 Å². The minimum Gasteiger partial charge on any atom is -0.336 e. The molecule has 2 unspecified atom stereocenters. The van der Waals surface area contributed by atoms with Gasteiger partial charge in [-0.25, -0.2) is 0 Å². The Morgan fingerprint density at radius 3 is 2.80 bits per heavy atom. The topological polar surface area (TPSA) is 61.0 Å². The molecule has 0 spiro atoms. The highest BCUT2D eigenvalue weighted by molar-refractivity contribution is 5.92. The van der Waals surface area contributed by atoms with Gasteiger partial charge in [0.15, 0.2) is 0 Å². The first kappa shape index (κ1) is 15.3. The molecule has 3 heterocycles. The lowest BCUT2D eigenvalue weighted by atomic mass is 10.1. The number of hydrogen-bond donors (Lipinski definition) is 2. The van der Waals surface area contributed by atoms with Crippen molar-refractivity contribution in [3.8, 4) is 0 Å². The summed E-state index contributed by atoms with van der Waals surface area (Å²) >= 11 is 0. The number of nitrogens with zero attached hydrogens (tertiary/aromatic N) is 2. The van der Waals surface area contributed by atoms with E-state index in [4.69, 9.17) is 0 Å². The van der Waals surface area contributed by atoms with Gasteiger partial charge in [-0.1, -0.05) is 13.8 Å². The second kappa shape index (κ2) is 6.14. The number of likely N-dealkylation sites (tertiary alicyclic amines) is 1. The molecule has 6 heteroatoms. The summed E-state index contributed by atoms with van der Waals surface area (Å²) in [6, 6.07) is 2.97. The third kappa shape index (κ3) is 2.99. The number of hydrogen-bond acceptors (Lipinski definition) is 3. The number of nitrogens with one attached hydrogen (secondary N) is 2. The molecule has 0 saturated carbocycles. The van der Waals surface area contributed by atoms with Gasteiger partial charge in [-0.2, -0.15) is 5.10 Å². The Morgan fingerprint density at radius 1 is 1.35 bits per heavy atom. The molecule has 2 N–H and O–H groups in total. The fourth-order valence-corrected chi connectivity index (χ4v) is 3.03. The highest BCUT2D eigenvalue weighted by atomic mass is 35.5. The van der Waals surface area contributed by atoms with Crippen LogP contribution in [0.4, 0.5) is 0 Å². The van der Waals surface area contributed by atoms with Gasteiger partial charge in [-0.15, -0.1) is 12.4 Å². The Morgan fingerprint density at radius 2 is 2.10 bits per heavy atom. The normalized spacial score (nSPS) is 25.4. The Bertz CT molecular complexity index is 473. The number of aromatic nitrogens is 2. The van der Waals surface area contributed by atoms with Gasteiger partial charge in [0.2, 0.25) is 0 Å². The van der Waals surface area contributed by atoms with Crippen molar-refractivity contribution in [2.45, 2.75) is 51.1 Å². The minimum atomic E-state index is 0. The Hall–Kier alpha value is -1.07. The van der Waals surface area contributed by atoms with Crippen LogP contribution in [0.1, 0.15) is 55.2 Å². The van der Waals surface area contributed by atoms with Gasteiger partial charge >= 0.3 is 0 Å². The summed E-state index contributed by atoms with van der Waals surface area (Å²) in [4.78, 5) is 14.4. The van der Waals surface area contributed by atoms with Gasteiger partial charge in [-0.05, 0) is 31.2 Å². The molecule has 5 nitrogen and oxygen atoms in total. The summed E-state index contributed by atoms with van der Waals surface area (Å²) in [5, 5.41) is 10.7. The highest BCUT2D eigenvalue weighted by Gasteiger charge is 2.32. The zero-order valence-electron chi connectivity index (χ0n) is 12.1. The van der Waals surface area contributed by atoms with Gasteiger partial charge in [0.05, 0.1) is 0 Å². The summed E-state index contributed by atoms with van der Waals surface area (Å²) in [7, 11) is 0. The molecule has 0 aromatic carbocycles. The number of aromatic amines is 1. The SMILES string of the molecule is CC(C)c1cc(C(=O)N2CCC3CCC(C2)N3)n[nH]1.Cl. The van der Waals surface area contributed by atoms with E-state index in [2.05, 4.69) is 29.4 Å². The van der Waals surface area contributed by atoms with Crippen LogP contribution >= 0.6 is 12.4 Å². The van der Waals surface area contributed by atoms with Crippen LogP contribution in [-0.2, 0) is 0 Å². The smallest absolute Gasteiger partial charge is 0.274 e. The molecular weight excluding hydrogens is 276 g/mol. The van der Waals surface area contributed by atoms with E-state index in [9.17, 15) is 4.79 Å². The van der Waals surface area contributed by atoms with Crippen LogP contribution in [0.15, 0.2) is 6.07 Å². The molecule has 0 aliphatic carbocycles. The van der Waals surface area contributed by atoms with E-state index in [-0.39, 0.29) is 18.3 Å². The molecule has 2 aliphatic rings. The van der Waals surface area contributed by atoms with Crippen LogP contribution < -0.4 is 5.32 Å². The number of halogens is 1. The van der Waals surface area contributed by atoms with E-state index in [0.717, 1.165) is 25.2 Å². The lowest BCUT2D eigenvalue weighted by Gasteiger charge is -2.23. The van der Waals surface area contributed by atoms with E-state index in [1.165, 1.54) is 12.8 Å². The number of carbonyl (C=O) groups is 1. The average Bonchev–Trinajstić information content (AvgIpc) is 2.95. The van der Waals surface area contributed by atoms with E-state index >= 15 is 0 Å². The molecule has 3 rings (SSSR count). The fourth-order valence-electron chi connectivity index (χ4n) is 3.03. The number of rotatable bonds is 2. The first-order chi connectivity index (χ1) is 9.13. The summed E-state index contributed by atoms with van der Waals surface area (Å²) in [5.74, 6) is 0.438. The van der Waals surface area contributed by atoms with Gasteiger partial charge in [-0.3, -0.25) is 9.89 Å². The molecule has 2 atom stereocenters. The van der Waals surface area contributed by atoms with Gasteiger partial charge < -0.3 is 10.2 Å². The van der Waals surface area contributed by atoms with Crippen molar-refractivity contribution in [1.82, 2.24) is 20.4 Å². The molecule has 2 bridgehead atoms. The largest absolute Gasteiger partial charge is 0.336 e. The number of carbonyl (C=O) groups excluding carboxylic acids is 1. The van der Waals surface area contributed by atoms with E-state index in [0.29, 0.717) is 23.7 Å². The average molecular weight is 299 g/mol. The third-order valence-corrected chi connectivity index (χ3v) is 4.25. The zero-order chi connectivity index (χ0) is 13.4. The van der Waals surface area contributed by atoms with E-state index in [1.54, 1.807) is 0 Å². The van der Waals surface area contributed by atoms with E-state index in [1.807, 2.05) is 11.0 Å². The lowest BCUT2D eigenvalue weighted by Crippen LogP contribution is -2.39. The Labute approximate surface area is 125 Å². The monoisotopic (exact) mass is 298 g/mol. The van der Waals surface area contributed by atoms with Gasteiger partial charge in [0.25, 0.3) is 5.91 Å². The summed E-state index contributed by atoms with van der Waals surface area (Å²) in [6.07, 6.45) is 3.50. The first-order valence-corrected chi connectivity index (χ1v) is 7.24. The molecule has 2 aliphatic heterocycles. The van der Waals surface area contributed by atoms with Crippen molar-refractivity contribution in [3.63, 3.8) is 0 Å². The maximum absolute atomic E-state index is 12.5. The van der Waals surface area contributed by atoms with Crippen molar-refractivity contribution < 1.29 is 4.79 Å². The molecule has 1 aromatic heterocycles. The molecule has 1 amide bonds. The first-order valence-electron chi connectivity index (χ1n) is 7.24. The predicted molar refractivity (Wildman–Crippen MR) is 80.4 cm³/mol. The molecule has 0 radical (unpaired) electrons. The third-order valence-electron chi connectivity index (χ3n) is 4.25. The highest BCUT2D eigenvalue weighted by Crippen LogP contribution is 2.21.